The van der Waals surface area contributed by atoms with Gasteiger partial charge in [-0.3, -0.25) is 0 Å². The van der Waals surface area contributed by atoms with E-state index in [2.05, 4.69) is 25.8 Å². The van der Waals surface area contributed by atoms with Gasteiger partial charge in [-0.2, -0.15) is 0 Å². The Balaban J connectivity index is 4.03. The summed E-state index contributed by atoms with van der Waals surface area (Å²) in [5.41, 5.74) is 0. The molecule has 0 aromatic carbocycles. The van der Waals surface area contributed by atoms with Crippen LogP contribution in [0.5, 0.6) is 0 Å². The Morgan fingerprint density at radius 3 is 1.23 bits per heavy atom. The van der Waals surface area contributed by atoms with Crippen LogP contribution < -0.4 is 0 Å². The van der Waals surface area contributed by atoms with Gasteiger partial charge in [-0.25, -0.2) is 0 Å². The molecule has 0 saturated carbocycles. The third-order valence-corrected chi connectivity index (χ3v) is 12.1. The van der Waals surface area contributed by atoms with Crippen LogP contribution in [0.4, 0.5) is 0 Å². The number of hydrogen-bond donors (Lipinski definition) is 0. The Labute approximate surface area is 139 Å². The fourth-order valence-corrected chi connectivity index (χ4v) is 7.26. The Bertz CT molecular complexity index is 232. The molecule has 0 aromatic heterocycles. The van der Waals surface area contributed by atoms with E-state index in [-0.39, 0.29) is 0 Å². The lowest BCUT2D eigenvalue weighted by Crippen LogP contribution is -2.40. The molecule has 0 amide bonds. The minimum absolute atomic E-state index is 1.01. The molecule has 7 heteroatoms. The maximum Gasteiger partial charge on any atom is 0.337 e. The van der Waals surface area contributed by atoms with Gasteiger partial charge in [-0.1, -0.05) is 13.8 Å². The predicted molar refractivity (Wildman–Crippen MR) is 96.9 cm³/mol. The van der Waals surface area contributed by atoms with Gasteiger partial charge in [-0.15, -0.1) is 0 Å². The van der Waals surface area contributed by atoms with Crippen LogP contribution in [0.3, 0.4) is 0 Å². The van der Waals surface area contributed by atoms with E-state index in [1.165, 1.54) is 0 Å². The first-order valence-corrected chi connectivity index (χ1v) is 12.8. The van der Waals surface area contributed by atoms with Crippen molar-refractivity contribution in [2.45, 2.75) is 50.9 Å². The van der Waals surface area contributed by atoms with Crippen LogP contribution in [-0.4, -0.2) is 70.6 Å². The van der Waals surface area contributed by atoms with Gasteiger partial charge in [0.2, 0.25) is 0 Å². The lowest BCUT2D eigenvalue weighted by atomic mass is 10.4. The maximum atomic E-state index is 5.66. The van der Waals surface area contributed by atoms with E-state index in [0.29, 0.717) is 0 Å². The molecule has 22 heavy (non-hydrogen) atoms. The SMILES string of the molecule is CC[Si](CCCN(C)CCC[Si](CC)(OC)OC)(OC)OC. The van der Waals surface area contributed by atoms with Crippen molar-refractivity contribution in [3.05, 3.63) is 0 Å². The van der Waals surface area contributed by atoms with E-state index in [9.17, 15) is 0 Å². The van der Waals surface area contributed by atoms with E-state index in [0.717, 1.165) is 50.1 Å². The lowest BCUT2D eigenvalue weighted by Gasteiger charge is -2.28. The fraction of sp³-hybridized carbons (Fsp3) is 1.00. The van der Waals surface area contributed by atoms with Crippen molar-refractivity contribution in [3.63, 3.8) is 0 Å². The normalized spacial score (nSPS) is 13.1. The standard InChI is InChI=1S/C15H37NO4Si2/c1-8-21(17-4,18-5)14-10-12-16(3)13-11-15-22(9-2,19-6)20-7/h8-15H2,1-7H3. The summed E-state index contributed by atoms with van der Waals surface area (Å²) in [6.07, 6.45) is 2.26. The lowest BCUT2D eigenvalue weighted by molar-refractivity contribution is 0.234. The van der Waals surface area contributed by atoms with Gasteiger partial charge < -0.3 is 22.6 Å². The van der Waals surface area contributed by atoms with Gasteiger partial charge in [0.25, 0.3) is 0 Å². The van der Waals surface area contributed by atoms with Crippen molar-refractivity contribution >= 4 is 17.1 Å². The highest BCUT2D eigenvalue weighted by atomic mass is 28.4. The average Bonchev–Trinajstić information content (AvgIpc) is 2.56. The van der Waals surface area contributed by atoms with Gasteiger partial charge in [0.1, 0.15) is 0 Å². The zero-order chi connectivity index (χ0) is 17.1. The molecule has 0 fully saturated rings. The third kappa shape index (κ3) is 7.20. The van der Waals surface area contributed by atoms with E-state index in [1.807, 2.05) is 0 Å². The van der Waals surface area contributed by atoms with E-state index >= 15 is 0 Å². The second-order valence-corrected chi connectivity index (χ2v) is 13.5. The minimum atomic E-state index is -1.92. The van der Waals surface area contributed by atoms with Crippen molar-refractivity contribution in [2.24, 2.45) is 0 Å². The third-order valence-electron chi connectivity index (χ3n) is 4.76. The van der Waals surface area contributed by atoms with Crippen molar-refractivity contribution < 1.29 is 17.7 Å². The van der Waals surface area contributed by atoms with Crippen molar-refractivity contribution in [2.75, 3.05) is 48.6 Å². The molecule has 0 atom stereocenters. The van der Waals surface area contributed by atoms with E-state index in [4.69, 9.17) is 17.7 Å². The molecule has 0 aliphatic carbocycles. The molecule has 0 aliphatic rings. The van der Waals surface area contributed by atoms with Crippen molar-refractivity contribution in [1.82, 2.24) is 4.90 Å². The summed E-state index contributed by atoms with van der Waals surface area (Å²) in [5, 5.41) is 0. The summed E-state index contributed by atoms with van der Waals surface area (Å²) < 4.78 is 22.6. The summed E-state index contributed by atoms with van der Waals surface area (Å²) in [6.45, 7) is 6.49. The molecule has 0 heterocycles. The van der Waals surface area contributed by atoms with Crippen LogP contribution in [0.15, 0.2) is 0 Å². The summed E-state index contributed by atoms with van der Waals surface area (Å²) in [5.74, 6) is 0. The first-order valence-electron chi connectivity index (χ1n) is 8.36. The van der Waals surface area contributed by atoms with Crippen LogP contribution in [0, 0.1) is 0 Å². The largest absolute Gasteiger partial charge is 0.398 e. The van der Waals surface area contributed by atoms with Crippen LogP contribution in [0.2, 0.25) is 24.2 Å². The molecule has 0 aliphatic heterocycles. The molecule has 0 saturated heterocycles. The zero-order valence-electron chi connectivity index (χ0n) is 15.7. The molecule has 134 valence electrons. The monoisotopic (exact) mass is 351 g/mol. The average molecular weight is 352 g/mol. The molecule has 0 unspecified atom stereocenters. The van der Waals surface area contributed by atoms with Gasteiger partial charge in [0.15, 0.2) is 0 Å². The van der Waals surface area contributed by atoms with Crippen LogP contribution in [0.25, 0.3) is 0 Å². The Kier molecular flexibility index (Phi) is 11.8. The Hall–Kier alpha value is 0.234. The molecule has 5 nitrogen and oxygen atoms in total. The molecule has 0 bridgehead atoms. The Morgan fingerprint density at radius 1 is 0.682 bits per heavy atom. The van der Waals surface area contributed by atoms with Crippen molar-refractivity contribution in [1.29, 1.82) is 0 Å². The highest BCUT2D eigenvalue weighted by molar-refractivity contribution is 6.67. The van der Waals surface area contributed by atoms with Crippen LogP contribution >= 0.6 is 0 Å². The van der Waals surface area contributed by atoms with Crippen molar-refractivity contribution in [3.8, 4) is 0 Å². The molecular formula is C15H37NO4Si2. The molecule has 0 aromatic rings. The fourth-order valence-electron chi connectivity index (χ4n) is 2.85. The summed E-state index contributed by atoms with van der Waals surface area (Å²) in [6, 6.07) is 4.14. The first kappa shape index (κ1) is 22.2. The second kappa shape index (κ2) is 11.7. The minimum Gasteiger partial charge on any atom is -0.398 e. The molecule has 0 radical (unpaired) electrons. The number of rotatable bonds is 14. The second-order valence-electron chi connectivity index (χ2n) is 5.86. The molecular weight excluding hydrogens is 314 g/mol. The summed E-state index contributed by atoms with van der Waals surface area (Å²) >= 11 is 0. The van der Waals surface area contributed by atoms with E-state index in [1.54, 1.807) is 28.4 Å². The molecule has 0 N–H and O–H groups in total. The highest BCUT2D eigenvalue weighted by Crippen LogP contribution is 2.20. The van der Waals surface area contributed by atoms with Gasteiger partial charge in [-0.05, 0) is 57.2 Å². The summed E-state index contributed by atoms with van der Waals surface area (Å²) in [4.78, 5) is 2.39. The summed E-state index contributed by atoms with van der Waals surface area (Å²) in [7, 11) is 5.48. The van der Waals surface area contributed by atoms with Gasteiger partial charge in [0.05, 0.1) is 0 Å². The van der Waals surface area contributed by atoms with Crippen LogP contribution in [0.1, 0.15) is 26.7 Å². The van der Waals surface area contributed by atoms with Gasteiger partial charge in [0, 0.05) is 28.4 Å². The van der Waals surface area contributed by atoms with Gasteiger partial charge >= 0.3 is 17.1 Å². The highest BCUT2D eigenvalue weighted by Gasteiger charge is 2.33. The van der Waals surface area contributed by atoms with Crippen LogP contribution in [-0.2, 0) is 17.7 Å². The quantitative estimate of drug-likeness (QED) is 0.449. The zero-order valence-corrected chi connectivity index (χ0v) is 17.7. The smallest absolute Gasteiger partial charge is 0.337 e. The first-order chi connectivity index (χ1) is 10.5. The predicted octanol–water partition coefficient (Wildman–Crippen LogP) is 3.21. The number of nitrogens with zero attached hydrogens (tertiary/aromatic N) is 1. The topological polar surface area (TPSA) is 40.2 Å². The molecule has 0 spiro atoms. The van der Waals surface area contributed by atoms with E-state index < -0.39 is 17.1 Å². The maximum absolute atomic E-state index is 5.66. The number of hydrogen-bond acceptors (Lipinski definition) is 5. The Morgan fingerprint density at radius 2 is 1.00 bits per heavy atom. The molecule has 0 rings (SSSR count).